The van der Waals surface area contributed by atoms with Gasteiger partial charge < -0.3 is 5.73 Å². The van der Waals surface area contributed by atoms with Crippen LogP contribution in [0.25, 0.3) is 0 Å². The van der Waals surface area contributed by atoms with Gasteiger partial charge in [0.05, 0.1) is 0 Å². The molecular formula is C17H36N2. The van der Waals surface area contributed by atoms with Crippen molar-refractivity contribution >= 4 is 0 Å². The molecule has 1 rings (SSSR count). The number of likely N-dealkylation sites (tertiary alicyclic amines) is 1. The van der Waals surface area contributed by atoms with E-state index in [9.17, 15) is 0 Å². The highest BCUT2D eigenvalue weighted by Gasteiger charge is 2.36. The average Bonchev–Trinajstić information content (AvgIpc) is 2.25. The van der Waals surface area contributed by atoms with Crippen molar-refractivity contribution in [2.45, 2.75) is 78.2 Å². The summed E-state index contributed by atoms with van der Waals surface area (Å²) < 4.78 is 0. The molecule has 114 valence electrons. The van der Waals surface area contributed by atoms with E-state index >= 15 is 0 Å². The van der Waals surface area contributed by atoms with E-state index in [0.717, 1.165) is 18.4 Å². The molecule has 0 unspecified atom stereocenters. The molecule has 0 radical (unpaired) electrons. The highest BCUT2D eigenvalue weighted by Crippen LogP contribution is 2.32. The van der Waals surface area contributed by atoms with Gasteiger partial charge in [-0.3, -0.25) is 4.90 Å². The quantitative estimate of drug-likeness (QED) is 0.787. The zero-order valence-electron chi connectivity index (χ0n) is 13.8. The standard InChI is InChI=1S/C17H36N2/c1-15(2)12-17(14-18,13-16(3)4)19-10-8-6-5-7-9-11-19/h15-16H,5-14,18H2,1-4H3. The molecule has 19 heavy (non-hydrogen) atoms. The van der Waals surface area contributed by atoms with E-state index in [1.165, 1.54) is 58.0 Å². The lowest BCUT2D eigenvalue weighted by Gasteiger charge is -2.46. The molecule has 2 heteroatoms. The van der Waals surface area contributed by atoms with Crippen LogP contribution in [0.5, 0.6) is 0 Å². The Hall–Kier alpha value is -0.0800. The van der Waals surface area contributed by atoms with E-state index in [0.29, 0.717) is 0 Å². The first kappa shape index (κ1) is 17.0. The molecule has 0 atom stereocenters. The fourth-order valence-electron chi connectivity index (χ4n) is 3.88. The SMILES string of the molecule is CC(C)CC(CN)(CC(C)C)N1CCCCCCC1. The monoisotopic (exact) mass is 268 g/mol. The first-order valence-corrected chi connectivity index (χ1v) is 8.45. The van der Waals surface area contributed by atoms with Gasteiger partial charge in [0.15, 0.2) is 0 Å². The number of nitrogens with two attached hydrogens (primary N) is 1. The molecule has 0 aromatic carbocycles. The lowest BCUT2D eigenvalue weighted by Crippen LogP contribution is -2.56. The van der Waals surface area contributed by atoms with Gasteiger partial charge in [-0.25, -0.2) is 0 Å². The molecule has 0 amide bonds. The van der Waals surface area contributed by atoms with E-state index < -0.39 is 0 Å². The van der Waals surface area contributed by atoms with Gasteiger partial charge in [-0.2, -0.15) is 0 Å². The summed E-state index contributed by atoms with van der Waals surface area (Å²) in [7, 11) is 0. The summed E-state index contributed by atoms with van der Waals surface area (Å²) in [4.78, 5) is 2.76. The number of hydrogen-bond acceptors (Lipinski definition) is 2. The molecule has 0 spiro atoms. The summed E-state index contributed by atoms with van der Waals surface area (Å²) in [5.41, 5.74) is 6.53. The van der Waals surface area contributed by atoms with Gasteiger partial charge in [-0.15, -0.1) is 0 Å². The molecule has 1 fully saturated rings. The smallest absolute Gasteiger partial charge is 0.0336 e. The van der Waals surface area contributed by atoms with Gasteiger partial charge in [0.25, 0.3) is 0 Å². The first-order chi connectivity index (χ1) is 9.00. The van der Waals surface area contributed by atoms with E-state index in [4.69, 9.17) is 5.73 Å². The van der Waals surface area contributed by atoms with E-state index in [1.807, 2.05) is 0 Å². The maximum atomic E-state index is 6.28. The second kappa shape index (κ2) is 8.26. The molecule has 0 saturated carbocycles. The van der Waals surface area contributed by atoms with E-state index in [-0.39, 0.29) is 5.54 Å². The molecule has 0 aromatic heterocycles. The second-order valence-electron chi connectivity index (χ2n) is 7.38. The van der Waals surface area contributed by atoms with Crippen molar-refractivity contribution in [3.8, 4) is 0 Å². The van der Waals surface area contributed by atoms with Crippen molar-refractivity contribution in [1.82, 2.24) is 4.90 Å². The molecule has 0 bridgehead atoms. The van der Waals surface area contributed by atoms with Crippen LogP contribution in [0.15, 0.2) is 0 Å². The zero-order valence-corrected chi connectivity index (χ0v) is 13.8. The van der Waals surface area contributed by atoms with E-state index in [1.54, 1.807) is 0 Å². The summed E-state index contributed by atoms with van der Waals surface area (Å²) in [6.07, 6.45) is 9.46. The molecule has 1 aliphatic rings. The molecule has 2 nitrogen and oxygen atoms in total. The molecule has 2 N–H and O–H groups in total. The summed E-state index contributed by atoms with van der Waals surface area (Å²) >= 11 is 0. The Morgan fingerprint density at radius 3 is 1.63 bits per heavy atom. The highest BCUT2D eigenvalue weighted by molar-refractivity contribution is 4.93. The lowest BCUT2D eigenvalue weighted by atomic mass is 9.79. The Morgan fingerprint density at radius 2 is 1.26 bits per heavy atom. The van der Waals surface area contributed by atoms with Crippen LogP contribution in [-0.2, 0) is 0 Å². The van der Waals surface area contributed by atoms with Gasteiger partial charge in [0.1, 0.15) is 0 Å². The minimum atomic E-state index is 0.250. The van der Waals surface area contributed by atoms with Crippen molar-refractivity contribution in [2.24, 2.45) is 17.6 Å². The largest absolute Gasteiger partial charge is 0.329 e. The number of rotatable bonds is 6. The first-order valence-electron chi connectivity index (χ1n) is 8.45. The third-order valence-electron chi connectivity index (χ3n) is 4.48. The van der Waals surface area contributed by atoms with Crippen molar-refractivity contribution in [3.05, 3.63) is 0 Å². The third-order valence-corrected chi connectivity index (χ3v) is 4.48. The maximum absolute atomic E-state index is 6.28. The molecular weight excluding hydrogens is 232 g/mol. The second-order valence-corrected chi connectivity index (χ2v) is 7.38. The lowest BCUT2D eigenvalue weighted by molar-refractivity contribution is 0.0460. The summed E-state index contributed by atoms with van der Waals surface area (Å²) in [6, 6.07) is 0. The third kappa shape index (κ3) is 5.43. The Kier molecular flexibility index (Phi) is 7.38. The summed E-state index contributed by atoms with van der Waals surface area (Å²) in [5.74, 6) is 1.46. The Morgan fingerprint density at radius 1 is 0.842 bits per heavy atom. The number of nitrogens with zero attached hydrogens (tertiary/aromatic N) is 1. The van der Waals surface area contributed by atoms with Crippen LogP contribution >= 0.6 is 0 Å². The topological polar surface area (TPSA) is 29.3 Å². The molecule has 1 aliphatic heterocycles. The molecule has 1 saturated heterocycles. The van der Waals surface area contributed by atoms with Crippen LogP contribution in [0.1, 0.15) is 72.6 Å². The minimum Gasteiger partial charge on any atom is -0.329 e. The summed E-state index contributed by atoms with van der Waals surface area (Å²) in [5, 5.41) is 0. The Bertz CT molecular complexity index is 217. The van der Waals surface area contributed by atoms with Gasteiger partial charge in [0, 0.05) is 12.1 Å². The fourth-order valence-corrected chi connectivity index (χ4v) is 3.88. The Labute approximate surface area is 121 Å². The van der Waals surface area contributed by atoms with Gasteiger partial charge in [-0.05, 0) is 50.6 Å². The van der Waals surface area contributed by atoms with Gasteiger partial charge in [0.2, 0.25) is 0 Å². The van der Waals surface area contributed by atoms with Crippen LogP contribution < -0.4 is 5.73 Å². The summed E-state index contributed by atoms with van der Waals surface area (Å²) in [6.45, 7) is 12.7. The average molecular weight is 268 g/mol. The van der Waals surface area contributed by atoms with Crippen molar-refractivity contribution in [2.75, 3.05) is 19.6 Å². The fraction of sp³-hybridized carbons (Fsp3) is 1.00. The minimum absolute atomic E-state index is 0.250. The van der Waals surface area contributed by atoms with Crippen molar-refractivity contribution in [3.63, 3.8) is 0 Å². The van der Waals surface area contributed by atoms with Gasteiger partial charge in [-0.1, -0.05) is 47.0 Å². The molecule has 0 aromatic rings. The van der Waals surface area contributed by atoms with Crippen LogP contribution in [-0.4, -0.2) is 30.1 Å². The van der Waals surface area contributed by atoms with Crippen LogP contribution in [0.2, 0.25) is 0 Å². The van der Waals surface area contributed by atoms with Crippen LogP contribution in [0.3, 0.4) is 0 Å². The predicted octanol–water partition coefficient (Wildman–Crippen LogP) is 4.04. The highest BCUT2D eigenvalue weighted by atomic mass is 15.2. The van der Waals surface area contributed by atoms with Gasteiger partial charge >= 0.3 is 0 Å². The number of hydrogen-bond donors (Lipinski definition) is 1. The van der Waals surface area contributed by atoms with E-state index in [2.05, 4.69) is 32.6 Å². The molecule has 0 aliphatic carbocycles. The molecule has 1 heterocycles. The van der Waals surface area contributed by atoms with Crippen molar-refractivity contribution < 1.29 is 0 Å². The normalized spacial score (nSPS) is 19.7. The maximum Gasteiger partial charge on any atom is 0.0336 e. The van der Waals surface area contributed by atoms with Crippen LogP contribution in [0.4, 0.5) is 0 Å². The Balaban J connectivity index is 2.83. The van der Waals surface area contributed by atoms with Crippen LogP contribution in [0, 0.1) is 11.8 Å². The predicted molar refractivity (Wildman–Crippen MR) is 85.4 cm³/mol. The van der Waals surface area contributed by atoms with Crippen molar-refractivity contribution in [1.29, 1.82) is 0 Å². The zero-order chi connectivity index (χ0) is 14.3.